The first kappa shape index (κ1) is 16.7. The molecule has 0 spiro atoms. The minimum atomic E-state index is -0.296. The molecule has 2 N–H and O–H groups in total. The number of methoxy groups -OCH3 is 2. The van der Waals surface area contributed by atoms with Gasteiger partial charge in [0.1, 0.15) is 11.4 Å². The Morgan fingerprint density at radius 2 is 1.91 bits per heavy atom. The minimum absolute atomic E-state index is 0.296. The van der Waals surface area contributed by atoms with E-state index >= 15 is 0 Å². The van der Waals surface area contributed by atoms with E-state index in [0.29, 0.717) is 36.2 Å². The van der Waals surface area contributed by atoms with Crippen molar-refractivity contribution in [2.75, 3.05) is 38.0 Å². The van der Waals surface area contributed by atoms with E-state index in [9.17, 15) is 4.79 Å². The summed E-state index contributed by atoms with van der Waals surface area (Å²) < 4.78 is 10.0. The maximum Gasteiger partial charge on any atom is 0.274 e. The Kier molecular flexibility index (Phi) is 5.87. The number of nitrogens with one attached hydrogen (secondary N) is 2. The van der Waals surface area contributed by atoms with Gasteiger partial charge in [0.05, 0.1) is 13.7 Å². The van der Waals surface area contributed by atoms with E-state index in [0.717, 1.165) is 5.75 Å². The molecule has 23 heavy (non-hydrogen) atoms. The van der Waals surface area contributed by atoms with Gasteiger partial charge in [-0.15, -0.1) is 0 Å². The van der Waals surface area contributed by atoms with Crippen LogP contribution < -0.4 is 15.4 Å². The number of hydrogen-bond acceptors (Lipinski definition) is 6. The van der Waals surface area contributed by atoms with Gasteiger partial charge in [-0.2, -0.15) is 0 Å². The number of benzene rings is 1. The molecular formula is C16H20N4O3. The van der Waals surface area contributed by atoms with Crippen molar-refractivity contribution in [3.05, 3.63) is 41.7 Å². The van der Waals surface area contributed by atoms with Gasteiger partial charge in [-0.25, -0.2) is 9.97 Å². The number of carbonyl (C=O) groups excluding carboxylic acids is 1. The molecule has 122 valence electrons. The van der Waals surface area contributed by atoms with Gasteiger partial charge in [-0.1, -0.05) is 0 Å². The van der Waals surface area contributed by atoms with Crippen LogP contribution in [-0.4, -0.2) is 43.2 Å². The SMILES string of the molecule is COCCNc1nc(C)cc(C(=O)Nc2ccc(OC)cc2)n1. The van der Waals surface area contributed by atoms with Crippen LogP contribution >= 0.6 is 0 Å². The predicted octanol–water partition coefficient (Wildman–Crippen LogP) is 2.10. The van der Waals surface area contributed by atoms with Gasteiger partial charge >= 0.3 is 0 Å². The number of carbonyl (C=O) groups is 1. The average molecular weight is 316 g/mol. The number of aryl methyl sites for hydroxylation is 1. The Morgan fingerprint density at radius 3 is 2.57 bits per heavy atom. The number of anilines is 2. The van der Waals surface area contributed by atoms with Crippen LogP contribution in [-0.2, 0) is 4.74 Å². The molecule has 1 heterocycles. The summed E-state index contributed by atoms with van der Waals surface area (Å²) in [6.45, 7) is 2.91. The summed E-state index contributed by atoms with van der Waals surface area (Å²) >= 11 is 0. The highest BCUT2D eigenvalue weighted by atomic mass is 16.5. The number of amides is 1. The fourth-order valence-electron chi connectivity index (χ4n) is 1.90. The third kappa shape index (κ3) is 4.93. The quantitative estimate of drug-likeness (QED) is 0.761. The summed E-state index contributed by atoms with van der Waals surface area (Å²) in [5.74, 6) is 0.836. The van der Waals surface area contributed by atoms with Gasteiger partial charge < -0.3 is 20.1 Å². The van der Waals surface area contributed by atoms with E-state index in [4.69, 9.17) is 9.47 Å². The molecule has 1 aromatic heterocycles. The van der Waals surface area contributed by atoms with Gasteiger partial charge in [0.2, 0.25) is 5.95 Å². The van der Waals surface area contributed by atoms with E-state index < -0.39 is 0 Å². The average Bonchev–Trinajstić information content (AvgIpc) is 2.55. The van der Waals surface area contributed by atoms with Crippen molar-refractivity contribution < 1.29 is 14.3 Å². The standard InChI is InChI=1S/C16H20N4O3/c1-11-10-14(20-16(18-11)17-8-9-22-2)15(21)19-12-4-6-13(23-3)7-5-12/h4-7,10H,8-9H2,1-3H3,(H,19,21)(H,17,18,20). The fourth-order valence-corrected chi connectivity index (χ4v) is 1.90. The molecule has 0 aliphatic carbocycles. The van der Waals surface area contributed by atoms with E-state index in [1.165, 1.54) is 0 Å². The van der Waals surface area contributed by atoms with Gasteiger partial charge in [0.15, 0.2) is 0 Å². The number of aromatic nitrogens is 2. The summed E-state index contributed by atoms with van der Waals surface area (Å²) in [5.41, 5.74) is 1.67. The number of hydrogen-bond donors (Lipinski definition) is 2. The largest absolute Gasteiger partial charge is 0.497 e. The molecule has 0 saturated carbocycles. The molecule has 2 aromatic rings. The monoisotopic (exact) mass is 316 g/mol. The Bertz CT molecular complexity index is 659. The van der Waals surface area contributed by atoms with Gasteiger partial charge in [-0.05, 0) is 37.3 Å². The first-order valence-electron chi connectivity index (χ1n) is 7.16. The normalized spacial score (nSPS) is 10.2. The molecule has 0 aliphatic rings. The zero-order valence-corrected chi connectivity index (χ0v) is 13.4. The number of nitrogens with zero attached hydrogens (tertiary/aromatic N) is 2. The summed E-state index contributed by atoms with van der Waals surface area (Å²) in [4.78, 5) is 20.8. The first-order valence-corrected chi connectivity index (χ1v) is 7.16. The Hall–Kier alpha value is -2.67. The lowest BCUT2D eigenvalue weighted by molar-refractivity contribution is 0.102. The second-order valence-corrected chi connectivity index (χ2v) is 4.82. The highest BCUT2D eigenvalue weighted by Crippen LogP contribution is 2.16. The maximum absolute atomic E-state index is 12.3. The zero-order valence-electron chi connectivity index (χ0n) is 13.4. The number of ether oxygens (including phenoxy) is 2. The van der Waals surface area contributed by atoms with Crippen molar-refractivity contribution in [3.8, 4) is 5.75 Å². The lowest BCUT2D eigenvalue weighted by Gasteiger charge is -2.09. The van der Waals surface area contributed by atoms with Crippen molar-refractivity contribution >= 4 is 17.5 Å². The lowest BCUT2D eigenvalue weighted by atomic mass is 10.2. The molecule has 0 saturated heterocycles. The van der Waals surface area contributed by atoms with Crippen LogP contribution in [0.2, 0.25) is 0 Å². The molecule has 0 atom stereocenters. The Balaban J connectivity index is 2.08. The third-order valence-corrected chi connectivity index (χ3v) is 3.02. The first-order chi connectivity index (χ1) is 11.1. The molecule has 1 aromatic carbocycles. The van der Waals surface area contributed by atoms with Crippen LogP contribution in [0, 0.1) is 6.92 Å². The second-order valence-electron chi connectivity index (χ2n) is 4.82. The van der Waals surface area contributed by atoms with Crippen LogP contribution in [0.1, 0.15) is 16.2 Å². The van der Waals surface area contributed by atoms with Gasteiger partial charge in [0.25, 0.3) is 5.91 Å². The second kappa shape index (κ2) is 8.09. The van der Waals surface area contributed by atoms with Crippen molar-refractivity contribution in [1.29, 1.82) is 0 Å². The number of rotatable bonds is 7. The van der Waals surface area contributed by atoms with Crippen molar-refractivity contribution in [2.24, 2.45) is 0 Å². The maximum atomic E-state index is 12.3. The molecular weight excluding hydrogens is 296 g/mol. The van der Waals surface area contributed by atoms with Crippen LogP contribution in [0.25, 0.3) is 0 Å². The molecule has 0 fully saturated rings. The van der Waals surface area contributed by atoms with Crippen LogP contribution in [0.5, 0.6) is 5.75 Å². The summed E-state index contributed by atoms with van der Waals surface area (Å²) in [7, 11) is 3.21. The van der Waals surface area contributed by atoms with E-state index in [-0.39, 0.29) is 5.91 Å². The summed E-state index contributed by atoms with van der Waals surface area (Å²) in [5, 5.41) is 5.81. The predicted molar refractivity (Wildman–Crippen MR) is 88.1 cm³/mol. The summed E-state index contributed by atoms with van der Waals surface area (Å²) in [6, 6.07) is 8.72. The zero-order chi connectivity index (χ0) is 16.7. The smallest absolute Gasteiger partial charge is 0.274 e. The van der Waals surface area contributed by atoms with Crippen molar-refractivity contribution in [3.63, 3.8) is 0 Å². The van der Waals surface area contributed by atoms with Crippen LogP contribution in [0.15, 0.2) is 30.3 Å². The highest BCUT2D eigenvalue weighted by Gasteiger charge is 2.11. The summed E-state index contributed by atoms with van der Waals surface area (Å²) in [6.07, 6.45) is 0. The topological polar surface area (TPSA) is 85.4 Å². The van der Waals surface area contributed by atoms with Gasteiger partial charge in [-0.3, -0.25) is 4.79 Å². The molecule has 7 heteroatoms. The van der Waals surface area contributed by atoms with Crippen molar-refractivity contribution in [1.82, 2.24) is 9.97 Å². The molecule has 0 bridgehead atoms. The molecule has 0 unspecified atom stereocenters. The van der Waals surface area contributed by atoms with E-state index in [1.807, 2.05) is 6.92 Å². The molecule has 1 amide bonds. The lowest BCUT2D eigenvalue weighted by Crippen LogP contribution is -2.17. The molecule has 7 nitrogen and oxygen atoms in total. The Labute approximate surface area is 135 Å². The minimum Gasteiger partial charge on any atom is -0.497 e. The van der Waals surface area contributed by atoms with Crippen LogP contribution in [0.4, 0.5) is 11.6 Å². The van der Waals surface area contributed by atoms with Gasteiger partial charge in [0, 0.05) is 25.0 Å². The molecule has 0 aliphatic heterocycles. The van der Waals surface area contributed by atoms with Crippen molar-refractivity contribution in [2.45, 2.75) is 6.92 Å². The van der Waals surface area contributed by atoms with E-state index in [2.05, 4.69) is 20.6 Å². The third-order valence-electron chi connectivity index (χ3n) is 3.02. The molecule has 0 radical (unpaired) electrons. The van der Waals surface area contributed by atoms with Crippen LogP contribution in [0.3, 0.4) is 0 Å². The molecule has 2 rings (SSSR count). The van der Waals surface area contributed by atoms with E-state index in [1.54, 1.807) is 44.6 Å². The highest BCUT2D eigenvalue weighted by molar-refractivity contribution is 6.03. The Morgan fingerprint density at radius 1 is 1.17 bits per heavy atom. The fraction of sp³-hybridized carbons (Fsp3) is 0.312.